The molecule has 2 rings (SSSR count). The van der Waals surface area contributed by atoms with E-state index >= 15 is 0 Å². The molecule has 0 saturated heterocycles. The van der Waals surface area contributed by atoms with Crippen LogP contribution in [0.2, 0.25) is 0 Å². The largest absolute Gasteiger partial charge is 0.394 e. The minimum atomic E-state index is -0.364. The normalized spacial score (nSPS) is 10.2. The van der Waals surface area contributed by atoms with Crippen LogP contribution >= 0.6 is 0 Å². The average molecular weight is 234 g/mol. The van der Waals surface area contributed by atoms with Gasteiger partial charge in [0.25, 0.3) is 0 Å². The molecular formula is C11H11FN4O. The fourth-order valence-corrected chi connectivity index (χ4v) is 1.41. The van der Waals surface area contributed by atoms with Crippen molar-refractivity contribution < 1.29 is 9.18 Å². The first-order valence-corrected chi connectivity index (χ1v) is 4.98. The van der Waals surface area contributed by atoms with Crippen molar-refractivity contribution in [2.24, 2.45) is 0 Å². The Morgan fingerprint density at radius 3 is 3.00 bits per heavy atom. The molecule has 0 aliphatic heterocycles. The van der Waals surface area contributed by atoms with E-state index in [-0.39, 0.29) is 18.1 Å². The second-order valence-electron chi connectivity index (χ2n) is 3.56. The number of rotatable bonds is 3. The number of halogens is 1. The van der Waals surface area contributed by atoms with Crippen LogP contribution in [0.15, 0.2) is 30.5 Å². The molecule has 0 spiro atoms. The first-order valence-electron chi connectivity index (χ1n) is 4.98. The van der Waals surface area contributed by atoms with Crippen molar-refractivity contribution in [3.05, 3.63) is 41.8 Å². The molecule has 1 heterocycles. The topological polar surface area (TPSA) is 83.8 Å². The van der Waals surface area contributed by atoms with Gasteiger partial charge in [0.2, 0.25) is 5.91 Å². The molecule has 0 radical (unpaired) electrons. The smallest absolute Gasteiger partial charge is 0.229 e. The minimum Gasteiger partial charge on any atom is -0.394 e. The number of carbonyl (C=O) groups is 1. The zero-order chi connectivity index (χ0) is 12.3. The lowest BCUT2D eigenvalue weighted by Gasteiger charge is -2.03. The van der Waals surface area contributed by atoms with Gasteiger partial charge in [0, 0.05) is 0 Å². The van der Waals surface area contributed by atoms with E-state index in [9.17, 15) is 9.18 Å². The predicted molar refractivity (Wildman–Crippen MR) is 61.7 cm³/mol. The molecule has 88 valence electrons. The highest BCUT2D eigenvalue weighted by Crippen LogP contribution is 2.13. The monoisotopic (exact) mass is 234 g/mol. The van der Waals surface area contributed by atoms with Crippen LogP contribution in [0.25, 0.3) is 0 Å². The van der Waals surface area contributed by atoms with E-state index < -0.39 is 0 Å². The molecule has 4 N–H and O–H groups in total. The van der Waals surface area contributed by atoms with Gasteiger partial charge in [-0.15, -0.1) is 0 Å². The Morgan fingerprint density at radius 2 is 2.35 bits per heavy atom. The van der Waals surface area contributed by atoms with Crippen LogP contribution in [0.4, 0.5) is 15.9 Å². The first-order chi connectivity index (χ1) is 8.15. The van der Waals surface area contributed by atoms with Gasteiger partial charge in [-0.3, -0.25) is 9.89 Å². The van der Waals surface area contributed by atoms with Crippen molar-refractivity contribution in [1.82, 2.24) is 10.2 Å². The molecule has 0 bridgehead atoms. The molecule has 0 unspecified atom stereocenters. The van der Waals surface area contributed by atoms with Gasteiger partial charge in [-0.1, -0.05) is 12.1 Å². The number of amides is 1. The fraction of sp³-hybridized carbons (Fsp3) is 0.0909. The molecular weight excluding hydrogens is 223 g/mol. The Morgan fingerprint density at radius 1 is 1.53 bits per heavy atom. The van der Waals surface area contributed by atoms with E-state index in [1.165, 1.54) is 18.3 Å². The number of aromatic nitrogens is 2. The Labute approximate surface area is 96.8 Å². The van der Waals surface area contributed by atoms with Crippen molar-refractivity contribution in [3.63, 3.8) is 0 Å². The highest BCUT2D eigenvalue weighted by Gasteiger charge is 2.07. The van der Waals surface area contributed by atoms with Crippen molar-refractivity contribution in [2.45, 2.75) is 6.42 Å². The number of hydrogen-bond donors (Lipinski definition) is 3. The summed E-state index contributed by atoms with van der Waals surface area (Å²) in [6, 6.07) is 5.88. The van der Waals surface area contributed by atoms with E-state index in [1.54, 1.807) is 12.1 Å². The van der Waals surface area contributed by atoms with E-state index in [0.717, 1.165) is 0 Å². The van der Waals surface area contributed by atoms with Gasteiger partial charge >= 0.3 is 0 Å². The second kappa shape index (κ2) is 4.65. The SMILES string of the molecule is Nc1cn[nH]c1NC(=O)Cc1cccc(F)c1. The summed E-state index contributed by atoms with van der Waals surface area (Å²) in [5.74, 6) is -0.297. The van der Waals surface area contributed by atoms with Gasteiger partial charge in [-0.25, -0.2) is 4.39 Å². The maximum Gasteiger partial charge on any atom is 0.229 e. The number of nitrogens with two attached hydrogens (primary N) is 1. The number of nitrogen functional groups attached to an aromatic ring is 1. The molecule has 1 aromatic heterocycles. The van der Waals surface area contributed by atoms with E-state index in [4.69, 9.17) is 5.73 Å². The lowest BCUT2D eigenvalue weighted by molar-refractivity contribution is -0.115. The summed E-state index contributed by atoms with van der Waals surface area (Å²) in [6.45, 7) is 0. The van der Waals surface area contributed by atoms with Gasteiger partial charge in [0.15, 0.2) is 5.82 Å². The molecule has 0 aliphatic carbocycles. The number of nitrogens with zero attached hydrogens (tertiary/aromatic N) is 1. The summed E-state index contributed by atoms with van der Waals surface area (Å²) < 4.78 is 12.9. The van der Waals surface area contributed by atoms with Crippen molar-refractivity contribution in [1.29, 1.82) is 0 Å². The summed E-state index contributed by atoms with van der Waals surface area (Å²) in [7, 11) is 0. The Hall–Kier alpha value is -2.37. The molecule has 0 saturated carbocycles. The van der Waals surface area contributed by atoms with Crippen LogP contribution in [0.3, 0.4) is 0 Å². The summed E-state index contributed by atoms with van der Waals surface area (Å²) in [6.07, 6.45) is 1.48. The number of H-pyrrole nitrogens is 1. The van der Waals surface area contributed by atoms with E-state index in [1.807, 2.05) is 0 Å². The number of carbonyl (C=O) groups excluding carboxylic acids is 1. The van der Waals surface area contributed by atoms with Gasteiger partial charge in [0.05, 0.1) is 18.3 Å². The Kier molecular flexibility index (Phi) is 3.04. The first kappa shape index (κ1) is 11.1. The average Bonchev–Trinajstić information content (AvgIpc) is 2.64. The molecule has 1 amide bonds. The lowest BCUT2D eigenvalue weighted by atomic mass is 10.1. The van der Waals surface area contributed by atoms with Crippen molar-refractivity contribution in [3.8, 4) is 0 Å². The summed E-state index contributed by atoms with van der Waals surface area (Å²) in [5.41, 5.74) is 6.49. The number of anilines is 2. The number of aromatic amines is 1. The maximum atomic E-state index is 12.9. The standard InChI is InChI=1S/C11H11FN4O/c12-8-3-1-2-7(4-8)5-10(17)15-11-9(13)6-14-16-11/h1-4,6H,5,13H2,(H2,14,15,16,17). The highest BCUT2D eigenvalue weighted by molar-refractivity contribution is 5.93. The van der Waals surface area contributed by atoms with Crippen LogP contribution < -0.4 is 11.1 Å². The van der Waals surface area contributed by atoms with Gasteiger partial charge in [-0.2, -0.15) is 5.10 Å². The molecule has 0 aliphatic rings. The molecule has 5 nitrogen and oxygen atoms in total. The van der Waals surface area contributed by atoms with Crippen LogP contribution in [0, 0.1) is 5.82 Å². The highest BCUT2D eigenvalue weighted by atomic mass is 19.1. The fourth-order valence-electron chi connectivity index (χ4n) is 1.41. The van der Waals surface area contributed by atoms with Gasteiger partial charge < -0.3 is 11.1 Å². The van der Waals surface area contributed by atoms with Crippen LogP contribution in [0.1, 0.15) is 5.56 Å². The quantitative estimate of drug-likeness (QED) is 0.748. The Balaban J connectivity index is 2.01. The number of benzene rings is 1. The zero-order valence-corrected chi connectivity index (χ0v) is 8.90. The molecule has 0 fully saturated rings. The molecule has 6 heteroatoms. The van der Waals surface area contributed by atoms with Gasteiger partial charge in [-0.05, 0) is 17.7 Å². The third-order valence-electron chi connectivity index (χ3n) is 2.19. The maximum absolute atomic E-state index is 12.9. The number of nitrogens with one attached hydrogen (secondary N) is 2. The Bertz CT molecular complexity index is 538. The predicted octanol–water partition coefficient (Wildman–Crippen LogP) is 1.31. The summed E-state index contributed by atoms with van der Waals surface area (Å²) in [4.78, 5) is 11.6. The van der Waals surface area contributed by atoms with Crippen molar-refractivity contribution in [2.75, 3.05) is 11.1 Å². The lowest BCUT2D eigenvalue weighted by Crippen LogP contribution is -2.15. The number of hydrogen-bond acceptors (Lipinski definition) is 3. The summed E-state index contributed by atoms with van der Waals surface area (Å²) >= 11 is 0. The minimum absolute atomic E-state index is 0.0796. The van der Waals surface area contributed by atoms with Crippen LogP contribution in [-0.4, -0.2) is 16.1 Å². The van der Waals surface area contributed by atoms with E-state index in [0.29, 0.717) is 17.1 Å². The summed E-state index contributed by atoms with van der Waals surface area (Å²) in [5, 5.41) is 8.78. The molecule has 1 aromatic carbocycles. The molecule has 2 aromatic rings. The van der Waals surface area contributed by atoms with Crippen LogP contribution in [-0.2, 0) is 11.2 Å². The van der Waals surface area contributed by atoms with Crippen molar-refractivity contribution >= 4 is 17.4 Å². The third kappa shape index (κ3) is 2.81. The molecule has 0 atom stereocenters. The third-order valence-corrected chi connectivity index (χ3v) is 2.19. The van der Waals surface area contributed by atoms with Crippen LogP contribution in [0.5, 0.6) is 0 Å². The van der Waals surface area contributed by atoms with E-state index in [2.05, 4.69) is 15.5 Å². The van der Waals surface area contributed by atoms with Gasteiger partial charge in [0.1, 0.15) is 5.82 Å². The second-order valence-corrected chi connectivity index (χ2v) is 3.56. The zero-order valence-electron chi connectivity index (χ0n) is 8.90. The molecule has 17 heavy (non-hydrogen) atoms.